The topological polar surface area (TPSA) is 111 Å². The standard InChI is InChI=1S/C34H26Cl2F3N3O5S/c1-47-31-16-25(11-14-29(31)41-48(45,46)20-34(37,38)39)23-7-2-21(3-8-23)6-15-32-40-30(27-13-12-26(35)17-28(27)36)19-42(32)18-22-4-9-24(10-5-22)33(43)44/h2-17,19,41H,18,20H2,1H3,(H,43,44). The van der Waals surface area contributed by atoms with E-state index in [0.29, 0.717) is 39.2 Å². The van der Waals surface area contributed by atoms with Crippen LogP contribution in [0.15, 0.2) is 91.1 Å². The van der Waals surface area contributed by atoms with Crippen LogP contribution in [0, 0.1) is 0 Å². The Bertz CT molecular complexity index is 2100. The summed E-state index contributed by atoms with van der Waals surface area (Å²) in [5, 5.41) is 10.2. The summed E-state index contributed by atoms with van der Waals surface area (Å²) in [5.74, 6) is -2.36. The fourth-order valence-electron chi connectivity index (χ4n) is 4.80. The second kappa shape index (κ2) is 14.1. The highest BCUT2D eigenvalue weighted by Gasteiger charge is 2.35. The van der Waals surface area contributed by atoms with Crippen molar-refractivity contribution >= 4 is 57.0 Å². The van der Waals surface area contributed by atoms with Gasteiger partial charge < -0.3 is 14.4 Å². The lowest BCUT2D eigenvalue weighted by atomic mass is 10.0. The third-order valence-electron chi connectivity index (χ3n) is 7.06. The normalized spacial score (nSPS) is 12.0. The summed E-state index contributed by atoms with van der Waals surface area (Å²) in [6, 6.07) is 23.5. The van der Waals surface area contributed by atoms with Gasteiger partial charge >= 0.3 is 12.1 Å². The summed E-state index contributed by atoms with van der Waals surface area (Å²) in [6.45, 7) is 0.404. The van der Waals surface area contributed by atoms with Crippen LogP contribution in [0.2, 0.25) is 10.0 Å². The number of aromatic carboxylic acids is 1. The largest absolute Gasteiger partial charge is 0.495 e. The van der Waals surface area contributed by atoms with Crippen LogP contribution in [-0.2, 0) is 16.6 Å². The van der Waals surface area contributed by atoms with E-state index in [1.807, 2.05) is 51.9 Å². The number of anilines is 1. The number of aromatic nitrogens is 2. The van der Waals surface area contributed by atoms with E-state index in [1.54, 1.807) is 36.4 Å². The van der Waals surface area contributed by atoms with Gasteiger partial charge in [0.1, 0.15) is 11.6 Å². The molecular formula is C34H26Cl2F3N3O5S. The number of carboxylic acids is 1. The quantitative estimate of drug-likeness (QED) is 0.142. The number of ether oxygens (including phenoxy) is 1. The average Bonchev–Trinajstić information content (AvgIpc) is 3.41. The van der Waals surface area contributed by atoms with Crippen LogP contribution in [0.5, 0.6) is 5.75 Å². The molecule has 0 unspecified atom stereocenters. The van der Waals surface area contributed by atoms with E-state index < -0.39 is 27.9 Å². The van der Waals surface area contributed by atoms with E-state index in [1.165, 1.54) is 31.4 Å². The van der Waals surface area contributed by atoms with Crippen LogP contribution in [0.4, 0.5) is 18.9 Å². The summed E-state index contributed by atoms with van der Waals surface area (Å²) in [7, 11) is -3.40. The maximum atomic E-state index is 12.7. The first-order valence-corrected chi connectivity index (χ1v) is 16.5. The number of sulfonamides is 1. The zero-order valence-corrected chi connectivity index (χ0v) is 27.3. The molecular weight excluding hydrogens is 690 g/mol. The van der Waals surface area contributed by atoms with E-state index in [9.17, 15) is 31.5 Å². The van der Waals surface area contributed by atoms with Crippen LogP contribution in [-0.4, -0.2) is 48.1 Å². The third kappa shape index (κ3) is 8.77. The SMILES string of the molecule is COc1cc(-c2ccc(C=Cc3nc(-c4ccc(Cl)cc4Cl)cn3Cc3ccc(C(=O)O)cc3)cc2)ccc1NS(=O)(=O)CC(F)(F)F. The predicted molar refractivity (Wildman–Crippen MR) is 181 cm³/mol. The molecule has 2 N–H and O–H groups in total. The number of rotatable bonds is 11. The second-order valence-electron chi connectivity index (χ2n) is 10.6. The average molecular weight is 717 g/mol. The van der Waals surface area contributed by atoms with Crippen molar-refractivity contribution in [3.8, 4) is 28.1 Å². The van der Waals surface area contributed by atoms with Crippen molar-refractivity contribution in [3.63, 3.8) is 0 Å². The fraction of sp³-hybridized carbons (Fsp3) is 0.118. The van der Waals surface area contributed by atoms with Gasteiger partial charge in [0.05, 0.1) is 29.1 Å². The summed E-state index contributed by atoms with van der Waals surface area (Å²) < 4.78 is 71.0. The molecule has 0 aliphatic rings. The molecule has 248 valence electrons. The van der Waals surface area contributed by atoms with Crippen molar-refractivity contribution in [2.75, 3.05) is 17.6 Å². The second-order valence-corrected chi connectivity index (χ2v) is 13.2. The molecule has 0 fully saturated rings. The number of methoxy groups -OCH3 is 1. The molecule has 0 aliphatic heterocycles. The molecule has 1 aromatic heterocycles. The number of hydrogen-bond donors (Lipinski definition) is 2. The van der Waals surface area contributed by atoms with Crippen molar-refractivity contribution < 1.29 is 36.2 Å². The zero-order chi connectivity index (χ0) is 34.6. The Labute approximate surface area is 284 Å². The van der Waals surface area contributed by atoms with Gasteiger partial charge in [-0.05, 0) is 70.8 Å². The number of nitrogens with one attached hydrogen (secondary N) is 1. The molecule has 4 aromatic carbocycles. The number of benzene rings is 4. The molecule has 5 aromatic rings. The van der Waals surface area contributed by atoms with Gasteiger partial charge in [-0.1, -0.05) is 71.7 Å². The van der Waals surface area contributed by atoms with Gasteiger partial charge in [-0.25, -0.2) is 18.2 Å². The molecule has 0 spiro atoms. The Morgan fingerprint density at radius 1 is 0.958 bits per heavy atom. The van der Waals surface area contributed by atoms with Crippen molar-refractivity contribution in [3.05, 3.63) is 124 Å². The van der Waals surface area contributed by atoms with E-state index in [4.69, 9.17) is 32.9 Å². The molecule has 0 bridgehead atoms. The van der Waals surface area contributed by atoms with E-state index in [2.05, 4.69) is 0 Å². The Morgan fingerprint density at radius 3 is 2.27 bits per heavy atom. The molecule has 0 radical (unpaired) electrons. The minimum absolute atomic E-state index is 0.0586. The van der Waals surface area contributed by atoms with Gasteiger partial charge in [0, 0.05) is 23.3 Å². The Kier molecular flexibility index (Phi) is 10.2. The first-order valence-electron chi connectivity index (χ1n) is 14.1. The molecule has 5 rings (SSSR count). The van der Waals surface area contributed by atoms with Crippen molar-refractivity contribution in [2.45, 2.75) is 12.7 Å². The minimum atomic E-state index is -4.89. The molecule has 0 saturated heterocycles. The Hall–Kier alpha value is -4.78. The lowest BCUT2D eigenvalue weighted by Crippen LogP contribution is -2.28. The maximum absolute atomic E-state index is 12.7. The van der Waals surface area contributed by atoms with Crippen molar-refractivity contribution in [1.29, 1.82) is 0 Å². The number of imidazole rings is 1. The summed E-state index contributed by atoms with van der Waals surface area (Å²) in [4.78, 5) is 16.1. The Morgan fingerprint density at radius 2 is 1.65 bits per heavy atom. The van der Waals surface area contributed by atoms with Gasteiger partial charge in [0.25, 0.3) is 0 Å². The van der Waals surface area contributed by atoms with Crippen LogP contribution in [0.25, 0.3) is 34.5 Å². The smallest absolute Gasteiger partial charge is 0.404 e. The molecule has 0 atom stereocenters. The number of nitrogens with zero attached hydrogens (tertiary/aromatic N) is 2. The number of carboxylic acid groups (broad SMARTS) is 1. The van der Waals surface area contributed by atoms with Crippen molar-refractivity contribution in [2.24, 2.45) is 0 Å². The maximum Gasteiger partial charge on any atom is 0.404 e. The molecule has 0 saturated carbocycles. The molecule has 1 heterocycles. The highest BCUT2D eigenvalue weighted by molar-refractivity contribution is 7.92. The summed E-state index contributed by atoms with van der Waals surface area (Å²) in [6.07, 6.45) is 0.654. The van der Waals surface area contributed by atoms with Crippen LogP contribution < -0.4 is 9.46 Å². The predicted octanol–water partition coefficient (Wildman–Crippen LogP) is 8.75. The molecule has 48 heavy (non-hydrogen) atoms. The van der Waals surface area contributed by atoms with E-state index >= 15 is 0 Å². The van der Waals surface area contributed by atoms with Crippen molar-refractivity contribution in [1.82, 2.24) is 9.55 Å². The number of hydrogen-bond acceptors (Lipinski definition) is 5. The number of halogens is 5. The van der Waals surface area contributed by atoms with Crippen LogP contribution in [0.1, 0.15) is 27.3 Å². The highest BCUT2D eigenvalue weighted by atomic mass is 35.5. The monoisotopic (exact) mass is 715 g/mol. The third-order valence-corrected chi connectivity index (χ3v) is 8.84. The van der Waals surface area contributed by atoms with Gasteiger partial charge in [-0.3, -0.25) is 4.72 Å². The summed E-state index contributed by atoms with van der Waals surface area (Å²) in [5.41, 5.74) is 4.46. The van der Waals surface area contributed by atoms with Gasteiger partial charge in [0.2, 0.25) is 10.0 Å². The Balaban J connectivity index is 1.39. The molecule has 8 nitrogen and oxygen atoms in total. The summed E-state index contributed by atoms with van der Waals surface area (Å²) >= 11 is 12.6. The number of carbonyl (C=O) groups is 1. The lowest BCUT2D eigenvalue weighted by molar-refractivity contribution is -0.106. The molecule has 0 aliphatic carbocycles. The van der Waals surface area contributed by atoms with Gasteiger partial charge in [0.15, 0.2) is 5.75 Å². The zero-order valence-electron chi connectivity index (χ0n) is 25.0. The van der Waals surface area contributed by atoms with E-state index in [0.717, 1.165) is 16.7 Å². The minimum Gasteiger partial charge on any atom is -0.495 e. The molecule has 0 amide bonds. The lowest BCUT2D eigenvalue weighted by Gasteiger charge is -2.14. The molecule has 14 heteroatoms. The van der Waals surface area contributed by atoms with Crippen LogP contribution in [0.3, 0.4) is 0 Å². The fourth-order valence-corrected chi connectivity index (χ4v) is 6.31. The van der Waals surface area contributed by atoms with Crippen LogP contribution >= 0.6 is 23.2 Å². The number of alkyl halides is 3. The van der Waals surface area contributed by atoms with Gasteiger partial charge in [-0.15, -0.1) is 0 Å². The first kappa shape index (κ1) is 34.6. The first-order chi connectivity index (χ1) is 22.7. The van der Waals surface area contributed by atoms with Gasteiger partial charge in [-0.2, -0.15) is 13.2 Å². The van der Waals surface area contributed by atoms with E-state index in [-0.39, 0.29) is 17.0 Å². The highest BCUT2D eigenvalue weighted by Crippen LogP contribution is 2.33.